The molecule has 1 amide bonds. The van der Waals surface area contributed by atoms with Gasteiger partial charge in [-0.25, -0.2) is 13.6 Å². The smallest absolute Gasteiger partial charge is 0.271 e. The minimum atomic E-state index is -4.12. The van der Waals surface area contributed by atoms with Crippen molar-refractivity contribution in [3.05, 3.63) is 33.9 Å². The van der Waals surface area contributed by atoms with Crippen LogP contribution in [0.5, 0.6) is 0 Å². The van der Waals surface area contributed by atoms with E-state index in [1.807, 2.05) is 0 Å². The van der Waals surface area contributed by atoms with Crippen LogP contribution in [0.1, 0.15) is 29.6 Å². The molecule has 0 aliphatic heterocycles. The molecule has 1 aromatic carbocycles. The molecule has 0 atom stereocenters. The van der Waals surface area contributed by atoms with Crippen molar-refractivity contribution in [1.29, 1.82) is 0 Å². The van der Waals surface area contributed by atoms with Crippen molar-refractivity contribution >= 4 is 21.6 Å². The zero-order chi connectivity index (χ0) is 15.6. The van der Waals surface area contributed by atoms with Gasteiger partial charge in [-0.15, -0.1) is 0 Å². The van der Waals surface area contributed by atoms with E-state index in [4.69, 9.17) is 5.14 Å². The van der Waals surface area contributed by atoms with E-state index in [9.17, 15) is 23.3 Å². The van der Waals surface area contributed by atoms with Gasteiger partial charge in [0.25, 0.3) is 11.6 Å². The van der Waals surface area contributed by atoms with E-state index in [1.165, 1.54) is 0 Å². The highest BCUT2D eigenvalue weighted by molar-refractivity contribution is 7.89. The maximum absolute atomic E-state index is 11.9. The highest BCUT2D eigenvalue weighted by atomic mass is 32.2. The van der Waals surface area contributed by atoms with E-state index in [1.54, 1.807) is 0 Å². The number of benzene rings is 1. The Morgan fingerprint density at radius 2 is 2.05 bits per heavy atom. The second-order valence-electron chi connectivity index (χ2n) is 5.01. The third-order valence-corrected chi connectivity index (χ3v) is 4.12. The van der Waals surface area contributed by atoms with E-state index >= 15 is 0 Å². The quantitative estimate of drug-likeness (QED) is 0.591. The molecule has 1 saturated carbocycles. The summed E-state index contributed by atoms with van der Waals surface area (Å²) < 4.78 is 22.6. The summed E-state index contributed by atoms with van der Waals surface area (Å²) in [7, 11) is -4.12. The maximum Gasteiger partial charge on any atom is 0.271 e. The third-order valence-electron chi connectivity index (χ3n) is 3.23. The van der Waals surface area contributed by atoms with E-state index in [0.29, 0.717) is 12.5 Å². The van der Waals surface area contributed by atoms with Crippen LogP contribution in [0.15, 0.2) is 23.1 Å². The number of nitrogens with zero attached hydrogens (tertiary/aromatic N) is 1. The number of sulfonamides is 1. The molecular formula is C12H15N3O5S. The molecule has 1 aliphatic carbocycles. The summed E-state index contributed by atoms with van der Waals surface area (Å²) >= 11 is 0. The highest BCUT2D eigenvalue weighted by Gasteiger charge is 2.22. The number of hydrogen-bond acceptors (Lipinski definition) is 5. The summed E-state index contributed by atoms with van der Waals surface area (Å²) in [6.07, 6.45) is 3.16. The number of amides is 1. The first kappa shape index (κ1) is 15.4. The van der Waals surface area contributed by atoms with Crippen LogP contribution in [0.4, 0.5) is 5.69 Å². The van der Waals surface area contributed by atoms with Crippen LogP contribution in [0.2, 0.25) is 0 Å². The zero-order valence-electron chi connectivity index (χ0n) is 11.1. The molecule has 1 fully saturated rings. The standard InChI is InChI=1S/C12H15N3O5S/c13-21(19,20)11-6-9(5-10(7-11)15(17)18)12(16)14-4-3-8-1-2-8/h5-8H,1-4H2,(H,14,16)(H2,13,19,20). The van der Waals surface area contributed by atoms with Gasteiger partial charge in [0.15, 0.2) is 0 Å². The van der Waals surface area contributed by atoms with Gasteiger partial charge in [0.2, 0.25) is 10.0 Å². The number of nitrogens with two attached hydrogens (primary N) is 1. The van der Waals surface area contributed by atoms with Crippen LogP contribution in [0.3, 0.4) is 0 Å². The van der Waals surface area contributed by atoms with Crippen molar-refractivity contribution < 1.29 is 18.1 Å². The second-order valence-corrected chi connectivity index (χ2v) is 6.57. The molecule has 0 spiro atoms. The topological polar surface area (TPSA) is 132 Å². The maximum atomic E-state index is 11.9. The van der Waals surface area contributed by atoms with Gasteiger partial charge in [-0.05, 0) is 18.4 Å². The predicted molar refractivity (Wildman–Crippen MR) is 74.1 cm³/mol. The van der Waals surface area contributed by atoms with Gasteiger partial charge in [-0.2, -0.15) is 0 Å². The summed E-state index contributed by atoms with van der Waals surface area (Å²) in [5.41, 5.74) is -0.585. The Hall–Kier alpha value is -2.00. The Bertz CT molecular complexity index is 682. The summed E-state index contributed by atoms with van der Waals surface area (Å²) in [6.45, 7) is 0.455. The fraction of sp³-hybridized carbons (Fsp3) is 0.417. The molecule has 3 N–H and O–H groups in total. The number of hydrogen-bond donors (Lipinski definition) is 2. The number of nitro benzene ring substituents is 1. The van der Waals surface area contributed by atoms with Gasteiger partial charge >= 0.3 is 0 Å². The lowest BCUT2D eigenvalue weighted by Crippen LogP contribution is -2.25. The lowest BCUT2D eigenvalue weighted by atomic mass is 10.2. The largest absolute Gasteiger partial charge is 0.352 e. The number of primary sulfonamides is 1. The van der Waals surface area contributed by atoms with Crippen LogP contribution < -0.4 is 10.5 Å². The van der Waals surface area contributed by atoms with Crippen molar-refractivity contribution in [3.63, 3.8) is 0 Å². The molecule has 1 aromatic rings. The van der Waals surface area contributed by atoms with E-state index < -0.39 is 31.4 Å². The molecule has 0 aromatic heterocycles. The Morgan fingerprint density at radius 3 is 2.57 bits per heavy atom. The molecule has 0 bridgehead atoms. The molecule has 8 nitrogen and oxygen atoms in total. The molecule has 1 aliphatic rings. The summed E-state index contributed by atoms with van der Waals surface area (Å²) in [5.74, 6) is 0.0830. The van der Waals surface area contributed by atoms with Gasteiger partial charge in [0, 0.05) is 24.2 Å². The van der Waals surface area contributed by atoms with Crippen LogP contribution in [-0.4, -0.2) is 25.8 Å². The van der Waals surface area contributed by atoms with Gasteiger partial charge in [0.1, 0.15) is 0 Å². The molecular weight excluding hydrogens is 298 g/mol. The van der Waals surface area contributed by atoms with Gasteiger partial charge in [0.05, 0.1) is 9.82 Å². The molecule has 0 unspecified atom stereocenters. The minimum Gasteiger partial charge on any atom is -0.352 e. The van der Waals surface area contributed by atoms with Crippen molar-refractivity contribution in [2.75, 3.05) is 6.54 Å². The molecule has 21 heavy (non-hydrogen) atoms. The lowest BCUT2D eigenvalue weighted by molar-refractivity contribution is -0.385. The normalized spacial score (nSPS) is 14.7. The monoisotopic (exact) mass is 313 g/mol. The zero-order valence-corrected chi connectivity index (χ0v) is 11.9. The first-order chi connectivity index (χ1) is 9.77. The fourth-order valence-corrected chi connectivity index (χ4v) is 2.46. The lowest BCUT2D eigenvalue weighted by Gasteiger charge is -2.06. The molecule has 2 rings (SSSR count). The van der Waals surface area contributed by atoms with E-state index in [-0.39, 0.29) is 5.56 Å². The molecule has 9 heteroatoms. The van der Waals surface area contributed by atoms with Crippen molar-refractivity contribution in [3.8, 4) is 0 Å². The number of nitrogens with one attached hydrogen (secondary N) is 1. The number of rotatable bonds is 6. The summed E-state index contributed by atoms with van der Waals surface area (Å²) in [5, 5.41) is 18.4. The van der Waals surface area contributed by atoms with E-state index in [2.05, 4.69) is 5.32 Å². The minimum absolute atomic E-state index is 0.0935. The highest BCUT2D eigenvalue weighted by Crippen LogP contribution is 2.31. The van der Waals surface area contributed by atoms with Crippen LogP contribution >= 0.6 is 0 Å². The average Bonchev–Trinajstić information content (AvgIpc) is 3.21. The van der Waals surface area contributed by atoms with Gasteiger partial charge in [-0.1, -0.05) is 12.8 Å². The first-order valence-corrected chi connectivity index (χ1v) is 7.92. The summed E-state index contributed by atoms with van der Waals surface area (Å²) in [4.78, 5) is 21.5. The van der Waals surface area contributed by atoms with Crippen molar-refractivity contribution in [1.82, 2.24) is 5.32 Å². The van der Waals surface area contributed by atoms with Crippen LogP contribution in [0.25, 0.3) is 0 Å². The number of carbonyl (C=O) groups excluding carboxylic acids is 1. The number of non-ortho nitro benzene ring substituents is 1. The van der Waals surface area contributed by atoms with Crippen LogP contribution in [0, 0.1) is 16.0 Å². The molecule has 0 saturated heterocycles. The Labute approximate surface area is 121 Å². The Balaban J connectivity index is 2.21. The Kier molecular flexibility index (Phi) is 4.24. The number of nitro groups is 1. The third kappa shape index (κ3) is 4.23. The van der Waals surface area contributed by atoms with E-state index in [0.717, 1.165) is 37.5 Å². The molecule has 0 radical (unpaired) electrons. The summed E-state index contributed by atoms with van der Waals surface area (Å²) in [6, 6.07) is 2.90. The first-order valence-electron chi connectivity index (χ1n) is 6.38. The number of carbonyl (C=O) groups is 1. The Morgan fingerprint density at radius 1 is 1.38 bits per heavy atom. The fourth-order valence-electron chi connectivity index (χ4n) is 1.88. The van der Waals surface area contributed by atoms with Gasteiger partial charge in [-0.3, -0.25) is 14.9 Å². The predicted octanol–water partition coefficient (Wildman–Crippen LogP) is 0.772. The van der Waals surface area contributed by atoms with Crippen molar-refractivity contribution in [2.24, 2.45) is 11.1 Å². The molecule has 0 heterocycles. The molecule has 114 valence electrons. The van der Waals surface area contributed by atoms with Gasteiger partial charge < -0.3 is 5.32 Å². The van der Waals surface area contributed by atoms with Crippen LogP contribution in [-0.2, 0) is 10.0 Å². The average molecular weight is 313 g/mol. The van der Waals surface area contributed by atoms with Crippen molar-refractivity contribution in [2.45, 2.75) is 24.2 Å². The second kappa shape index (κ2) is 5.78. The SMILES string of the molecule is NS(=O)(=O)c1cc(C(=O)NCCC2CC2)cc([N+](=O)[O-])c1.